The molecule has 0 atom stereocenters. The molecule has 0 aromatic carbocycles. The molecule has 0 aliphatic carbocycles. The molecule has 0 saturated carbocycles. The first-order valence-electron chi connectivity index (χ1n) is 14.0. The maximum absolute atomic E-state index is 8.26. The Morgan fingerprint density at radius 3 is 1.48 bits per heavy atom. The number of aliphatic hydroxyl groups excluding tert-OH is 1. The topological polar surface area (TPSA) is 20.2 Å². The average Bonchev–Trinajstić information content (AvgIpc) is 2.80. The Hall–Kier alpha value is -0.133. The quantitative estimate of drug-likeness (QED) is 0.0775. The molecule has 0 bridgehead atoms. The highest BCUT2D eigenvalue weighted by atomic mass is 127. The number of aliphatic hydroxyl groups is 1. The van der Waals surface area contributed by atoms with Gasteiger partial charge in [-0.25, -0.2) is 0 Å². The van der Waals surface area contributed by atoms with E-state index in [-0.39, 0.29) is 0 Å². The van der Waals surface area contributed by atoms with E-state index in [0.717, 1.165) is 12.8 Å². The van der Waals surface area contributed by atoms with Gasteiger partial charge >= 0.3 is 0 Å². The van der Waals surface area contributed by atoms with Crippen LogP contribution in [0, 0.1) is 0 Å². The van der Waals surface area contributed by atoms with Gasteiger partial charge in [-0.05, 0) is 55.4 Å². The molecule has 1 nitrogen and oxygen atoms in total. The fourth-order valence-electron chi connectivity index (χ4n) is 3.43. The monoisotopic (exact) mass is 588 g/mol. The number of hydrogen-bond donors (Lipinski definition) is 1. The Balaban J connectivity index is 0. The SMILES string of the molecule is CCCCC/C=C\C=C/CCCCC.CCCCC/C=C\[Si]1(C)CCC1.OCCC/C=C\I. The highest BCUT2D eigenvalue weighted by Gasteiger charge is 2.30. The molecule has 194 valence electrons. The van der Waals surface area contributed by atoms with Gasteiger partial charge in [0.05, 0.1) is 8.07 Å². The molecule has 1 aliphatic rings. The largest absolute Gasteiger partial charge is 0.396 e. The summed E-state index contributed by atoms with van der Waals surface area (Å²) in [5.74, 6) is 0. The number of halogens is 1. The number of rotatable bonds is 17. The lowest BCUT2D eigenvalue weighted by Crippen LogP contribution is -2.35. The van der Waals surface area contributed by atoms with Gasteiger partial charge in [0.25, 0.3) is 0 Å². The highest BCUT2D eigenvalue weighted by molar-refractivity contribution is 14.1. The molecule has 0 unspecified atom stereocenters. The number of hydrogen-bond acceptors (Lipinski definition) is 1. The lowest BCUT2D eigenvalue weighted by atomic mass is 10.2. The Kier molecular flexibility index (Phi) is 31.7. The summed E-state index contributed by atoms with van der Waals surface area (Å²) in [6.45, 7) is 9.59. The minimum atomic E-state index is -0.737. The zero-order chi connectivity index (χ0) is 24.9. The molecule has 1 rings (SSSR count). The first kappa shape index (κ1) is 35.0. The van der Waals surface area contributed by atoms with Crippen molar-refractivity contribution in [2.24, 2.45) is 0 Å². The minimum Gasteiger partial charge on any atom is -0.396 e. The van der Waals surface area contributed by atoms with Crippen LogP contribution in [0.25, 0.3) is 0 Å². The van der Waals surface area contributed by atoms with E-state index in [4.69, 9.17) is 5.11 Å². The van der Waals surface area contributed by atoms with E-state index < -0.39 is 8.07 Å². The molecule has 1 heterocycles. The van der Waals surface area contributed by atoms with Crippen molar-refractivity contribution < 1.29 is 5.11 Å². The smallest absolute Gasteiger partial charge is 0.0743 e. The lowest BCUT2D eigenvalue weighted by Gasteiger charge is -2.32. The summed E-state index contributed by atoms with van der Waals surface area (Å²) < 4.78 is 1.97. The molecule has 0 radical (unpaired) electrons. The molecule has 0 aromatic heterocycles. The Bertz CT molecular complexity index is 460. The lowest BCUT2D eigenvalue weighted by molar-refractivity contribution is 0.289. The van der Waals surface area contributed by atoms with Gasteiger partial charge in [0.15, 0.2) is 0 Å². The van der Waals surface area contributed by atoms with Crippen LogP contribution in [0.4, 0.5) is 0 Å². The Morgan fingerprint density at radius 1 is 0.667 bits per heavy atom. The van der Waals surface area contributed by atoms with Crippen LogP contribution in [0.1, 0.15) is 117 Å². The molecule has 0 spiro atoms. The van der Waals surface area contributed by atoms with E-state index in [1.165, 1.54) is 83.5 Å². The van der Waals surface area contributed by atoms with Gasteiger partial charge in [0, 0.05) is 6.61 Å². The predicted octanol–water partition coefficient (Wildman–Crippen LogP) is 11.1. The van der Waals surface area contributed by atoms with Crippen LogP contribution in [0.5, 0.6) is 0 Å². The van der Waals surface area contributed by atoms with Crippen molar-refractivity contribution in [2.75, 3.05) is 6.61 Å². The summed E-state index contributed by atoms with van der Waals surface area (Å²) >= 11 is 2.16. The fraction of sp³-hybridized carbons (Fsp3) is 0.733. The second-order valence-electron chi connectivity index (χ2n) is 9.48. The van der Waals surface area contributed by atoms with Crippen LogP contribution >= 0.6 is 22.6 Å². The van der Waals surface area contributed by atoms with E-state index in [2.05, 4.69) is 86.0 Å². The molecule has 1 fully saturated rings. The molecule has 3 heteroatoms. The highest BCUT2D eigenvalue weighted by Crippen LogP contribution is 2.33. The van der Waals surface area contributed by atoms with Gasteiger partial charge in [-0.2, -0.15) is 0 Å². The molecular formula is C30H57IOSi. The molecule has 33 heavy (non-hydrogen) atoms. The summed E-state index contributed by atoms with van der Waals surface area (Å²) in [5, 5.41) is 8.26. The van der Waals surface area contributed by atoms with E-state index in [1.807, 2.05) is 10.2 Å². The molecule has 1 saturated heterocycles. The van der Waals surface area contributed by atoms with Crippen LogP contribution in [-0.2, 0) is 0 Å². The van der Waals surface area contributed by atoms with Crippen molar-refractivity contribution in [1.82, 2.24) is 0 Å². The molecule has 1 aliphatic heterocycles. The van der Waals surface area contributed by atoms with Crippen LogP contribution in [-0.4, -0.2) is 19.8 Å². The van der Waals surface area contributed by atoms with Crippen LogP contribution in [0.15, 0.2) is 46.2 Å². The standard InChI is InChI=1S/C14H26.C11H22Si.C5H9IO/c1-3-5-7-9-11-13-14-12-10-8-6-4-2;1-3-4-5-6-7-9-12(2)10-8-11-12;6-4-2-1-3-5-7/h11-14H,3-10H2,1-2H3;7,9H,3-6,8,10-11H2,1-2H3;2,4,7H,1,3,5H2/b13-11-,14-12-;9-7-;4-2-. The summed E-state index contributed by atoms with van der Waals surface area (Å²) in [5.41, 5.74) is 2.59. The van der Waals surface area contributed by atoms with Crippen molar-refractivity contribution in [2.45, 2.75) is 136 Å². The van der Waals surface area contributed by atoms with Crippen molar-refractivity contribution in [3.05, 3.63) is 46.2 Å². The van der Waals surface area contributed by atoms with Crippen LogP contribution in [0.2, 0.25) is 18.6 Å². The maximum Gasteiger partial charge on any atom is 0.0743 e. The van der Waals surface area contributed by atoms with Crippen molar-refractivity contribution in [3.63, 3.8) is 0 Å². The third-order valence-corrected chi connectivity index (χ3v) is 10.5. The summed E-state index contributed by atoms with van der Waals surface area (Å²) in [7, 11) is -0.737. The first-order valence-corrected chi connectivity index (χ1v) is 18.2. The predicted molar refractivity (Wildman–Crippen MR) is 165 cm³/mol. The van der Waals surface area contributed by atoms with Gasteiger partial charge in [-0.1, -0.05) is 149 Å². The van der Waals surface area contributed by atoms with Crippen molar-refractivity contribution in [1.29, 1.82) is 0 Å². The van der Waals surface area contributed by atoms with Gasteiger partial charge in [0.1, 0.15) is 0 Å². The zero-order valence-electron chi connectivity index (χ0n) is 22.7. The summed E-state index contributed by atoms with van der Waals surface area (Å²) in [6, 6.07) is 3.11. The van der Waals surface area contributed by atoms with Crippen LogP contribution in [0.3, 0.4) is 0 Å². The second-order valence-corrected chi connectivity index (χ2v) is 14.8. The fourth-order valence-corrected chi connectivity index (χ4v) is 6.32. The van der Waals surface area contributed by atoms with E-state index in [1.54, 1.807) is 12.1 Å². The molecule has 1 N–H and O–H groups in total. The third kappa shape index (κ3) is 29.8. The van der Waals surface area contributed by atoms with Crippen molar-refractivity contribution >= 4 is 30.7 Å². The molecule has 0 aromatic rings. The van der Waals surface area contributed by atoms with Gasteiger partial charge in [-0.15, -0.1) is 0 Å². The van der Waals surface area contributed by atoms with Gasteiger partial charge in [0.2, 0.25) is 0 Å². The van der Waals surface area contributed by atoms with Crippen molar-refractivity contribution in [3.8, 4) is 0 Å². The third-order valence-electron chi connectivity index (χ3n) is 5.94. The average molecular weight is 589 g/mol. The number of allylic oxidation sites excluding steroid dienone is 6. The van der Waals surface area contributed by atoms with Crippen LogP contribution < -0.4 is 0 Å². The van der Waals surface area contributed by atoms with Gasteiger partial charge in [-0.3, -0.25) is 0 Å². The Labute approximate surface area is 223 Å². The normalized spacial score (nSPS) is 15.0. The first-order chi connectivity index (χ1) is 16.1. The second kappa shape index (κ2) is 29.9. The summed E-state index contributed by atoms with van der Waals surface area (Å²) in [4.78, 5) is 0. The van der Waals surface area contributed by atoms with E-state index >= 15 is 0 Å². The molecule has 0 amide bonds. The maximum atomic E-state index is 8.26. The minimum absolute atomic E-state index is 0.307. The number of unbranched alkanes of at least 4 members (excludes halogenated alkanes) is 10. The molecular weight excluding hydrogens is 531 g/mol. The van der Waals surface area contributed by atoms with Gasteiger partial charge < -0.3 is 5.11 Å². The van der Waals surface area contributed by atoms with E-state index in [9.17, 15) is 0 Å². The summed E-state index contributed by atoms with van der Waals surface area (Å²) in [6.07, 6.45) is 32.9. The Morgan fingerprint density at radius 2 is 1.12 bits per heavy atom. The van der Waals surface area contributed by atoms with E-state index in [0.29, 0.717) is 6.61 Å². The zero-order valence-corrected chi connectivity index (χ0v) is 25.8.